The van der Waals surface area contributed by atoms with E-state index in [0.29, 0.717) is 11.3 Å². The predicted octanol–water partition coefficient (Wildman–Crippen LogP) is 1.28. The Morgan fingerprint density at radius 3 is 2.61 bits per heavy atom. The maximum atomic E-state index is 12.1. The lowest BCUT2D eigenvalue weighted by molar-refractivity contribution is 0.562. The SMILES string of the molecule is Cc1sc(Br)cc1S(=O)(=O)NC1CCS(=O)(=O)C1. The van der Waals surface area contributed by atoms with Gasteiger partial charge in [-0.2, -0.15) is 0 Å². The molecule has 0 bridgehead atoms. The molecular weight excluding hydrogens is 362 g/mol. The lowest BCUT2D eigenvalue weighted by atomic mass is 10.3. The molecule has 0 spiro atoms. The molecular formula is C9H12BrNO4S3. The van der Waals surface area contributed by atoms with Crippen LogP contribution in [0.4, 0.5) is 0 Å². The van der Waals surface area contributed by atoms with Crippen LogP contribution >= 0.6 is 27.3 Å². The summed E-state index contributed by atoms with van der Waals surface area (Å²) in [4.78, 5) is 0.888. The van der Waals surface area contributed by atoms with Crippen LogP contribution in [0.2, 0.25) is 0 Å². The van der Waals surface area contributed by atoms with Gasteiger partial charge in [-0.25, -0.2) is 21.6 Å². The van der Waals surface area contributed by atoms with Gasteiger partial charge < -0.3 is 0 Å². The highest BCUT2D eigenvalue weighted by molar-refractivity contribution is 9.11. The molecule has 1 aliphatic rings. The minimum Gasteiger partial charge on any atom is -0.229 e. The van der Waals surface area contributed by atoms with E-state index in [1.807, 2.05) is 0 Å². The number of rotatable bonds is 3. The van der Waals surface area contributed by atoms with Crippen molar-refractivity contribution in [1.29, 1.82) is 0 Å². The van der Waals surface area contributed by atoms with Crippen molar-refractivity contribution in [3.8, 4) is 0 Å². The molecule has 18 heavy (non-hydrogen) atoms. The molecule has 1 N–H and O–H groups in total. The number of aryl methyl sites for hydroxylation is 1. The summed E-state index contributed by atoms with van der Waals surface area (Å²) in [7, 11) is -6.73. The number of nitrogens with one attached hydrogen (secondary N) is 1. The molecule has 1 aliphatic heterocycles. The first-order valence-corrected chi connectivity index (χ1v) is 10.1. The minimum atomic E-state index is -3.64. The van der Waals surface area contributed by atoms with Crippen molar-refractivity contribution in [3.05, 3.63) is 14.7 Å². The smallest absolute Gasteiger partial charge is 0.229 e. The van der Waals surface area contributed by atoms with Crippen LogP contribution < -0.4 is 4.72 Å². The van der Waals surface area contributed by atoms with Gasteiger partial charge in [0.25, 0.3) is 0 Å². The Bertz CT molecular complexity index is 662. The predicted molar refractivity (Wildman–Crippen MR) is 74.1 cm³/mol. The molecule has 0 saturated carbocycles. The first kappa shape index (κ1) is 14.4. The van der Waals surface area contributed by atoms with Gasteiger partial charge in [0.05, 0.1) is 20.2 Å². The van der Waals surface area contributed by atoms with Crippen LogP contribution in [0.3, 0.4) is 0 Å². The molecule has 102 valence electrons. The van der Waals surface area contributed by atoms with Crippen LogP contribution in [-0.4, -0.2) is 34.4 Å². The zero-order chi connectivity index (χ0) is 13.6. The molecule has 1 aromatic heterocycles. The van der Waals surface area contributed by atoms with Crippen LogP contribution in [0.5, 0.6) is 0 Å². The zero-order valence-corrected chi connectivity index (χ0v) is 13.5. The van der Waals surface area contributed by atoms with Crippen molar-refractivity contribution in [2.45, 2.75) is 24.3 Å². The molecule has 0 amide bonds. The normalized spacial score (nSPS) is 23.3. The lowest BCUT2D eigenvalue weighted by Gasteiger charge is -2.10. The molecule has 1 atom stereocenters. The van der Waals surface area contributed by atoms with E-state index < -0.39 is 25.9 Å². The minimum absolute atomic E-state index is 0.0481. The van der Waals surface area contributed by atoms with Gasteiger partial charge in [0.15, 0.2) is 9.84 Å². The van der Waals surface area contributed by atoms with E-state index in [1.165, 1.54) is 17.4 Å². The second-order valence-electron chi connectivity index (χ2n) is 4.19. The van der Waals surface area contributed by atoms with Crippen LogP contribution in [0.25, 0.3) is 0 Å². The summed E-state index contributed by atoms with van der Waals surface area (Å²) in [5.41, 5.74) is 0. The molecule has 5 nitrogen and oxygen atoms in total. The topological polar surface area (TPSA) is 80.3 Å². The van der Waals surface area contributed by atoms with Crippen molar-refractivity contribution in [2.24, 2.45) is 0 Å². The molecule has 0 radical (unpaired) electrons. The monoisotopic (exact) mass is 373 g/mol. The Morgan fingerprint density at radius 2 is 2.17 bits per heavy atom. The van der Waals surface area contributed by atoms with Crippen molar-refractivity contribution in [2.75, 3.05) is 11.5 Å². The first-order chi connectivity index (χ1) is 8.20. The molecule has 1 unspecified atom stereocenters. The van der Waals surface area contributed by atoms with Crippen LogP contribution in [0.15, 0.2) is 14.7 Å². The van der Waals surface area contributed by atoms with Gasteiger partial charge >= 0.3 is 0 Å². The van der Waals surface area contributed by atoms with E-state index in [0.717, 1.165) is 3.79 Å². The van der Waals surface area contributed by atoms with Crippen LogP contribution in [0, 0.1) is 6.92 Å². The Labute approximate surface area is 119 Å². The molecule has 2 heterocycles. The van der Waals surface area contributed by atoms with Gasteiger partial charge in [0.1, 0.15) is 0 Å². The highest BCUT2D eigenvalue weighted by Crippen LogP contribution is 2.30. The van der Waals surface area contributed by atoms with E-state index in [9.17, 15) is 16.8 Å². The van der Waals surface area contributed by atoms with Crippen molar-refractivity contribution in [3.63, 3.8) is 0 Å². The van der Waals surface area contributed by atoms with E-state index in [2.05, 4.69) is 20.7 Å². The standard InChI is InChI=1S/C9H12BrNO4S3/c1-6-8(4-9(10)16-6)18(14,15)11-7-2-3-17(12,13)5-7/h4,7,11H,2-3,5H2,1H3. The van der Waals surface area contributed by atoms with Gasteiger partial charge in [-0.05, 0) is 35.3 Å². The summed E-state index contributed by atoms with van der Waals surface area (Å²) in [6, 6.07) is 1.02. The van der Waals surface area contributed by atoms with Gasteiger partial charge in [0.2, 0.25) is 10.0 Å². The lowest BCUT2D eigenvalue weighted by Crippen LogP contribution is -2.35. The summed E-state index contributed by atoms with van der Waals surface area (Å²) in [6.07, 6.45) is 0.339. The van der Waals surface area contributed by atoms with E-state index in [4.69, 9.17) is 0 Å². The Hall–Kier alpha value is 0.0400. The van der Waals surface area contributed by atoms with Crippen molar-refractivity contribution >= 4 is 47.1 Å². The van der Waals surface area contributed by atoms with Gasteiger partial charge in [-0.3, -0.25) is 0 Å². The van der Waals surface area contributed by atoms with Gasteiger partial charge in [-0.15, -0.1) is 11.3 Å². The highest BCUT2D eigenvalue weighted by atomic mass is 79.9. The zero-order valence-electron chi connectivity index (χ0n) is 9.51. The molecule has 0 aliphatic carbocycles. The van der Waals surface area contributed by atoms with Gasteiger partial charge in [-0.1, -0.05) is 0 Å². The third-order valence-electron chi connectivity index (χ3n) is 2.69. The summed E-state index contributed by atoms with van der Waals surface area (Å²) in [6.45, 7) is 1.72. The molecule has 1 fully saturated rings. The Morgan fingerprint density at radius 1 is 1.50 bits per heavy atom. The maximum Gasteiger partial charge on any atom is 0.241 e. The average molecular weight is 374 g/mol. The number of thiophene rings is 1. The number of hydrogen-bond acceptors (Lipinski definition) is 5. The summed E-state index contributed by atoms with van der Waals surface area (Å²) < 4.78 is 50.0. The summed E-state index contributed by atoms with van der Waals surface area (Å²) in [5, 5.41) is 0. The Balaban J connectivity index is 2.21. The maximum absolute atomic E-state index is 12.1. The molecule has 1 aromatic rings. The number of sulfonamides is 1. The fraction of sp³-hybridized carbons (Fsp3) is 0.556. The van der Waals surface area contributed by atoms with E-state index in [1.54, 1.807) is 6.92 Å². The van der Waals surface area contributed by atoms with E-state index in [-0.39, 0.29) is 16.4 Å². The van der Waals surface area contributed by atoms with E-state index >= 15 is 0 Å². The molecule has 2 rings (SSSR count). The average Bonchev–Trinajstić information content (AvgIpc) is 2.69. The third-order valence-corrected chi connectivity index (χ3v) is 7.78. The molecule has 0 aromatic carbocycles. The Kier molecular flexibility index (Phi) is 3.90. The quantitative estimate of drug-likeness (QED) is 0.865. The fourth-order valence-corrected chi connectivity index (χ4v) is 7.33. The first-order valence-electron chi connectivity index (χ1n) is 5.18. The summed E-state index contributed by atoms with van der Waals surface area (Å²) >= 11 is 4.57. The second kappa shape index (κ2) is 4.86. The summed E-state index contributed by atoms with van der Waals surface area (Å²) in [5.74, 6) is -0.0664. The molecule has 1 saturated heterocycles. The van der Waals surface area contributed by atoms with Crippen LogP contribution in [-0.2, 0) is 19.9 Å². The highest BCUT2D eigenvalue weighted by Gasteiger charge is 2.32. The number of halogens is 1. The van der Waals surface area contributed by atoms with Crippen molar-refractivity contribution < 1.29 is 16.8 Å². The van der Waals surface area contributed by atoms with Crippen LogP contribution in [0.1, 0.15) is 11.3 Å². The second-order valence-corrected chi connectivity index (χ2v) is 10.7. The number of sulfone groups is 1. The number of hydrogen-bond donors (Lipinski definition) is 1. The van der Waals surface area contributed by atoms with Crippen molar-refractivity contribution in [1.82, 2.24) is 4.72 Å². The third kappa shape index (κ3) is 3.13. The largest absolute Gasteiger partial charge is 0.241 e. The van der Waals surface area contributed by atoms with Gasteiger partial charge in [0, 0.05) is 10.9 Å². The fourth-order valence-electron chi connectivity index (χ4n) is 1.87. The molecule has 9 heteroatoms.